The molecule has 3 aromatic rings. The van der Waals surface area contributed by atoms with Crippen molar-refractivity contribution < 1.29 is 22.7 Å². The van der Waals surface area contributed by atoms with Gasteiger partial charge in [-0.15, -0.1) is 0 Å². The third-order valence-corrected chi connectivity index (χ3v) is 6.23. The van der Waals surface area contributed by atoms with Crippen LogP contribution in [-0.2, 0) is 21.4 Å². The predicted molar refractivity (Wildman–Crippen MR) is 137 cm³/mol. The fraction of sp³-hybridized carbons (Fsp3) is 0.231. The van der Waals surface area contributed by atoms with Crippen LogP contribution in [0.4, 0.5) is 5.69 Å². The van der Waals surface area contributed by atoms with Gasteiger partial charge in [0.25, 0.3) is 5.91 Å². The first-order valence-electron chi connectivity index (χ1n) is 11.1. The van der Waals surface area contributed by atoms with Crippen LogP contribution in [0.25, 0.3) is 0 Å². The topological polar surface area (TPSA) is 97.3 Å². The average molecular weight is 496 g/mol. The Labute approximate surface area is 206 Å². The molecule has 0 bridgehead atoms. The highest BCUT2D eigenvalue weighted by Crippen LogP contribution is 2.29. The average Bonchev–Trinajstić information content (AvgIpc) is 2.84. The molecule has 0 fully saturated rings. The monoisotopic (exact) mass is 495 g/mol. The third-order valence-electron chi connectivity index (χ3n) is 4.99. The van der Waals surface area contributed by atoms with Crippen molar-refractivity contribution in [3.63, 3.8) is 0 Å². The van der Waals surface area contributed by atoms with E-state index in [1.165, 1.54) is 13.1 Å². The van der Waals surface area contributed by atoms with Crippen LogP contribution in [0.5, 0.6) is 11.5 Å². The molecule has 1 amide bonds. The van der Waals surface area contributed by atoms with Gasteiger partial charge in [-0.1, -0.05) is 48.5 Å². The summed E-state index contributed by atoms with van der Waals surface area (Å²) in [6.45, 7) is 4.24. The predicted octanol–water partition coefficient (Wildman–Crippen LogP) is 3.97. The molecule has 0 aromatic heterocycles. The van der Waals surface area contributed by atoms with Gasteiger partial charge in [-0.05, 0) is 55.3 Å². The molecule has 0 saturated heterocycles. The van der Waals surface area contributed by atoms with E-state index in [-0.39, 0.29) is 0 Å². The Bertz CT molecular complexity index is 1250. The first-order valence-corrected chi connectivity index (χ1v) is 13.0. The number of carbonyl (C=O) groups is 1. The number of benzene rings is 3. The van der Waals surface area contributed by atoms with Gasteiger partial charge in [-0.25, -0.2) is 13.8 Å². The minimum absolute atomic E-state index is 0.397. The lowest BCUT2D eigenvalue weighted by Crippen LogP contribution is -2.46. The van der Waals surface area contributed by atoms with Crippen LogP contribution in [0.2, 0.25) is 0 Å². The fourth-order valence-electron chi connectivity index (χ4n) is 3.38. The van der Waals surface area contributed by atoms with Crippen LogP contribution in [0, 0.1) is 0 Å². The Morgan fingerprint density at radius 2 is 1.66 bits per heavy atom. The van der Waals surface area contributed by atoms with Crippen molar-refractivity contribution in [2.45, 2.75) is 26.5 Å². The van der Waals surface area contributed by atoms with Crippen LogP contribution in [0.15, 0.2) is 84.0 Å². The number of hydrogen-bond donors (Lipinski definition) is 1. The standard InChI is InChI=1S/C26H29N3O5S/c1-4-33-25-17-22(15-16-24(25)34-19-21-11-7-5-8-12-21)18-27-28-26(30)20(2)29(35(3,31)32)23-13-9-6-10-14-23/h5-18,20H,4,19H2,1-3H3,(H,28,30)/b27-18-/t20-/m0/s1. The second-order valence-electron chi connectivity index (χ2n) is 7.72. The molecule has 0 aliphatic carbocycles. The minimum Gasteiger partial charge on any atom is -0.490 e. The maximum Gasteiger partial charge on any atom is 0.263 e. The number of nitrogens with one attached hydrogen (secondary N) is 1. The van der Waals surface area contributed by atoms with Crippen LogP contribution in [-0.4, -0.2) is 39.4 Å². The lowest BCUT2D eigenvalue weighted by molar-refractivity contribution is -0.121. The number of carbonyl (C=O) groups excluding carboxylic acids is 1. The number of hydrogen-bond acceptors (Lipinski definition) is 6. The summed E-state index contributed by atoms with van der Waals surface area (Å²) in [7, 11) is -3.69. The van der Waals surface area contributed by atoms with E-state index in [4.69, 9.17) is 9.47 Å². The highest BCUT2D eigenvalue weighted by molar-refractivity contribution is 7.92. The number of para-hydroxylation sites is 1. The van der Waals surface area contributed by atoms with E-state index in [0.29, 0.717) is 36.0 Å². The number of amides is 1. The van der Waals surface area contributed by atoms with E-state index in [1.807, 2.05) is 37.3 Å². The summed E-state index contributed by atoms with van der Waals surface area (Å²) >= 11 is 0. The molecule has 3 rings (SSSR count). The van der Waals surface area contributed by atoms with Gasteiger partial charge in [0.05, 0.1) is 24.8 Å². The molecule has 184 valence electrons. The van der Waals surface area contributed by atoms with E-state index in [0.717, 1.165) is 16.1 Å². The van der Waals surface area contributed by atoms with Gasteiger partial charge < -0.3 is 9.47 Å². The third kappa shape index (κ3) is 7.31. The lowest BCUT2D eigenvalue weighted by Gasteiger charge is -2.27. The van der Waals surface area contributed by atoms with E-state index in [9.17, 15) is 13.2 Å². The molecule has 0 saturated carbocycles. The summed E-state index contributed by atoms with van der Waals surface area (Å²) in [5.74, 6) is 0.583. The summed E-state index contributed by atoms with van der Waals surface area (Å²) in [4.78, 5) is 12.7. The van der Waals surface area contributed by atoms with Gasteiger partial charge in [0.2, 0.25) is 10.0 Å². The highest BCUT2D eigenvalue weighted by atomic mass is 32.2. The maximum absolute atomic E-state index is 12.7. The molecule has 0 spiro atoms. The normalized spacial score (nSPS) is 12.2. The molecule has 3 aromatic carbocycles. The number of sulfonamides is 1. The molecule has 0 radical (unpaired) electrons. The zero-order chi connectivity index (χ0) is 25.3. The van der Waals surface area contributed by atoms with Crippen molar-refractivity contribution in [2.75, 3.05) is 17.2 Å². The Morgan fingerprint density at radius 1 is 1.00 bits per heavy atom. The van der Waals surface area contributed by atoms with Gasteiger partial charge in [0, 0.05) is 0 Å². The summed E-state index contributed by atoms with van der Waals surface area (Å²) in [6, 6.07) is 22.6. The van der Waals surface area contributed by atoms with Crippen molar-refractivity contribution in [2.24, 2.45) is 5.10 Å². The number of hydrazone groups is 1. The summed E-state index contributed by atoms with van der Waals surface area (Å²) < 4.78 is 37.3. The molecule has 0 aliphatic rings. The fourth-order valence-corrected chi connectivity index (χ4v) is 4.55. The number of ether oxygens (including phenoxy) is 2. The first-order chi connectivity index (χ1) is 16.8. The van der Waals surface area contributed by atoms with Crippen LogP contribution < -0.4 is 19.2 Å². The van der Waals surface area contributed by atoms with Gasteiger partial charge >= 0.3 is 0 Å². The summed E-state index contributed by atoms with van der Waals surface area (Å²) in [6.07, 6.45) is 2.52. The van der Waals surface area contributed by atoms with Crippen molar-refractivity contribution >= 4 is 27.8 Å². The Kier molecular flexibility index (Phi) is 8.86. The van der Waals surface area contributed by atoms with Crippen molar-refractivity contribution in [1.29, 1.82) is 0 Å². The smallest absolute Gasteiger partial charge is 0.263 e. The molecule has 1 N–H and O–H groups in total. The van der Waals surface area contributed by atoms with Crippen LogP contribution >= 0.6 is 0 Å². The molecule has 0 heterocycles. The van der Waals surface area contributed by atoms with E-state index in [1.54, 1.807) is 48.5 Å². The first kappa shape index (κ1) is 25.8. The number of rotatable bonds is 11. The lowest BCUT2D eigenvalue weighted by atomic mass is 10.2. The SMILES string of the molecule is CCOc1cc(/C=N\NC(=O)[C@H](C)N(c2ccccc2)S(C)(=O)=O)ccc1OCc1ccccc1. The highest BCUT2D eigenvalue weighted by Gasteiger charge is 2.28. The van der Waals surface area contributed by atoms with Crippen LogP contribution in [0.1, 0.15) is 25.0 Å². The quantitative estimate of drug-likeness (QED) is 0.321. The minimum atomic E-state index is -3.69. The second kappa shape index (κ2) is 12.0. The molecule has 0 aliphatic heterocycles. The molecule has 9 heteroatoms. The Hall–Kier alpha value is -3.85. The van der Waals surface area contributed by atoms with Gasteiger partial charge in [-0.2, -0.15) is 5.10 Å². The molecular weight excluding hydrogens is 466 g/mol. The zero-order valence-corrected chi connectivity index (χ0v) is 20.7. The summed E-state index contributed by atoms with van der Waals surface area (Å²) in [5, 5.41) is 4.00. The van der Waals surface area contributed by atoms with E-state index < -0.39 is 22.0 Å². The van der Waals surface area contributed by atoms with E-state index >= 15 is 0 Å². The number of nitrogens with zero attached hydrogens (tertiary/aromatic N) is 2. The molecule has 1 atom stereocenters. The Morgan fingerprint density at radius 3 is 2.29 bits per heavy atom. The zero-order valence-electron chi connectivity index (χ0n) is 19.9. The van der Waals surface area contributed by atoms with Crippen molar-refractivity contribution in [1.82, 2.24) is 5.43 Å². The maximum atomic E-state index is 12.7. The number of anilines is 1. The summed E-state index contributed by atoms with van der Waals surface area (Å²) in [5.41, 5.74) is 4.53. The van der Waals surface area contributed by atoms with Gasteiger partial charge in [-0.3, -0.25) is 9.10 Å². The van der Waals surface area contributed by atoms with Gasteiger partial charge in [0.15, 0.2) is 11.5 Å². The molecule has 35 heavy (non-hydrogen) atoms. The molecular formula is C26H29N3O5S. The van der Waals surface area contributed by atoms with Gasteiger partial charge in [0.1, 0.15) is 12.6 Å². The van der Waals surface area contributed by atoms with E-state index in [2.05, 4.69) is 10.5 Å². The Balaban J connectivity index is 1.68. The largest absolute Gasteiger partial charge is 0.490 e. The molecule has 0 unspecified atom stereocenters. The van der Waals surface area contributed by atoms with Crippen LogP contribution in [0.3, 0.4) is 0 Å². The van der Waals surface area contributed by atoms with Crippen molar-refractivity contribution in [3.8, 4) is 11.5 Å². The molecule has 8 nitrogen and oxygen atoms in total. The second-order valence-corrected chi connectivity index (χ2v) is 9.58. The van der Waals surface area contributed by atoms with Crippen molar-refractivity contribution in [3.05, 3.63) is 90.0 Å².